The van der Waals surface area contributed by atoms with Crippen LogP contribution >= 0.6 is 0 Å². The first kappa shape index (κ1) is 8.77. The zero-order valence-electron chi connectivity index (χ0n) is 9.07. The highest BCUT2D eigenvalue weighted by atomic mass is 15.2. The van der Waals surface area contributed by atoms with Gasteiger partial charge in [-0.1, -0.05) is 26.0 Å². The van der Waals surface area contributed by atoms with Crippen LogP contribution in [-0.2, 0) is 0 Å². The average Bonchev–Trinajstić information content (AvgIpc) is 2.68. The van der Waals surface area contributed by atoms with Crippen molar-refractivity contribution in [2.45, 2.75) is 26.3 Å². The molecule has 1 aromatic heterocycles. The zero-order valence-corrected chi connectivity index (χ0v) is 9.07. The monoisotopic (exact) mass is 201 g/mol. The third kappa shape index (κ3) is 1.16. The number of benzene rings is 1. The molecule has 1 atom stereocenters. The largest absolute Gasteiger partial charge is 0.369 e. The highest BCUT2D eigenvalue weighted by Crippen LogP contribution is 2.57. The van der Waals surface area contributed by atoms with Gasteiger partial charge in [-0.05, 0) is 24.0 Å². The Bertz CT molecular complexity index is 525. The number of fused-ring (bicyclic) bond motifs is 1. The molecule has 78 valence electrons. The molecule has 2 aromatic rings. The minimum absolute atomic E-state index is 0.373. The zero-order chi connectivity index (χ0) is 10.6. The van der Waals surface area contributed by atoms with Crippen molar-refractivity contribution >= 4 is 17.0 Å². The Kier molecular flexibility index (Phi) is 1.48. The van der Waals surface area contributed by atoms with Crippen molar-refractivity contribution in [3.05, 3.63) is 24.3 Å². The molecule has 1 aliphatic carbocycles. The lowest BCUT2D eigenvalue weighted by Gasteiger charge is -2.07. The molecular formula is C12H15N3. The fourth-order valence-corrected chi connectivity index (χ4v) is 2.27. The number of anilines is 1. The predicted octanol–water partition coefficient (Wildman–Crippen LogP) is 2.59. The molecule has 15 heavy (non-hydrogen) atoms. The molecule has 0 bridgehead atoms. The summed E-state index contributed by atoms with van der Waals surface area (Å²) < 4.78 is 2.18. The lowest BCUT2D eigenvalue weighted by atomic mass is 10.2. The average molecular weight is 201 g/mol. The van der Waals surface area contributed by atoms with E-state index in [1.165, 1.54) is 6.42 Å². The van der Waals surface area contributed by atoms with Crippen LogP contribution in [-0.4, -0.2) is 9.55 Å². The lowest BCUT2D eigenvalue weighted by molar-refractivity contribution is 0.553. The number of hydrogen-bond donors (Lipinski definition) is 1. The molecule has 0 amide bonds. The van der Waals surface area contributed by atoms with Gasteiger partial charge in [0.25, 0.3) is 0 Å². The second-order valence-electron chi connectivity index (χ2n) is 5.04. The van der Waals surface area contributed by atoms with Crippen molar-refractivity contribution in [2.24, 2.45) is 5.41 Å². The molecule has 0 aliphatic heterocycles. The van der Waals surface area contributed by atoms with Gasteiger partial charge in [-0.3, -0.25) is 0 Å². The van der Waals surface area contributed by atoms with E-state index in [1.807, 2.05) is 18.2 Å². The number of hydrogen-bond acceptors (Lipinski definition) is 2. The maximum atomic E-state index is 5.97. The summed E-state index contributed by atoms with van der Waals surface area (Å²) in [5, 5.41) is 0. The van der Waals surface area contributed by atoms with Gasteiger partial charge in [-0.15, -0.1) is 0 Å². The van der Waals surface area contributed by atoms with Crippen LogP contribution in [0.5, 0.6) is 0 Å². The van der Waals surface area contributed by atoms with Crippen molar-refractivity contribution in [2.75, 3.05) is 5.73 Å². The van der Waals surface area contributed by atoms with Crippen molar-refractivity contribution in [3.8, 4) is 0 Å². The third-order valence-corrected chi connectivity index (χ3v) is 3.40. The van der Waals surface area contributed by atoms with Gasteiger partial charge in [0.1, 0.15) is 0 Å². The van der Waals surface area contributed by atoms with E-state index < -0.39 is 0 Å². The topological polar surface area (TPSA) is 43.8 Å². The molecule has 0 spiro atoms. The van der Waals surface area contributed by atoms with Gasteiger partial charge < -0.3 is 10.3 Å². The summed E-state index contributed by atoms with van der Waals surface area (Å²) in [6.07, 6.45) is 1.19. The van der Waals surface area contributed by atoms with E-state index in [2.05, 4.69) is 29.5 Å². The Morgan fingerprint density at radius 1 is 1.40 bits per heavy atom. The van der Waals surface area contributed by atoms with Crippen molar-refractivity contribution < 1.29 is 0 Å². The number of imidazole rings is 1. The molecule has 1 unspecified atom stereocenters. The second-order valence-corrected chi connectivity index (χ2v) is 5.04. The second kappa shape index (κ2) is 2.54. The Balaban J connectivity index is 2.22. The maximum Gasteiger partial charge on any atom is 0.201 e. The summed E-state index contributed by atoms with van der Waals surface area (Å²) in [5.74, 6) is 0.645. The minimum atomic E-state index is 0.373. The number of nitrogen functional groups attached to an aromatic ring is 1. The van der Waals surface area contributed by atoms with Gasteiger partial charge in [-0.25, -0.2) is 4.98 Å². The van der Waals surface area contributed by atoms with Gasteiger partial charge in [0.05, 0.1) is 11.0 Å². The van der Waals surface area contributed by atoms with E-state index in [4.69, 9.17) is 5.73 Å². The van der Waals surface area contributed by atoms with Crippen molar-refractivity contribution in [3.63, 3.8) is 0 Å². The van der Waals surface area contributed by atoms with E-state index in [0.29, 0.717) is 17.4 Å². The number of rotatable bonds is 1. The highest BCUT2D eigenvalue weighted by Gasteiger charge is 2.48. The van der Waals surface area contributed by atoms with Crippen LogP contribution in [0.3, 0.4) is 0 Å². The Morgan fingerprint density at radius 2 is 2.07 bits per heavy atom. The molecule has 2 N–H and O–H groups in total. The first-order chi connectivity index (χ1) is 7.09. The van der Waals surface area contributed by atoms with Crippen molar-refractivity contribution in [1.29, 1.82) is 0 Å². The van der Waals surface area contributed by atoms with E-state index in [1.54, 1.807) is 0 Å². The smallest absolute Gasteiger partial charge is 0.201 e. The van der Waals surface area contributed by atoms with E-state index in [-0.39, 0.29) is 0 Å². The van der Waals surface area contributed by atoms with Gasteiger partial charge >= 0.3 is 0 Å². The molecular weight excluding hydrogens is 186 g/mol. The van der Waals surface area contributed by atoms with E-state index in [0.717, 1.165) is 11.0 Å². The third-order valence-electron chi connectivity index (χ3n) is 3.40. The molecule has 0 radical (unpaired) electrons. The van der Waals surface area contributed by atoms with Gasteiger partial charge in [0.15, 0.2) is 0 Å². The number of aromatic nitrogens is 2. The molecule has 0 saturated heterocycles. The molecule has 1 aromatic carbocycles. The number of para-hydroxylation sites is 2. The van der Waals surface area contributed by atoms with Gasteiger partial charge in [0.2, 0.25) is 5.95 Å². The fourth-order valence-electron chi connectivity index (χ4n) is 2.27. The predicted molar refractivity (Wildman–Crippen MR) is 61.6 cm³/mol. The van der Waals surface area contributed by atoms with Crippen LogP contribution in [0.25, 0.3) is 11.0 Å². The Hall–Kier alpha value is -1.51. The summed E-state index contributed by atoms with van der Waals surface area (Å²) in [6, 6.07) is 8.65. The van der Waals surface area contributed by atoms with Crippen LogP contribution in [0.4, 0.5) is 5.95 Å². The molecule has 1 heterocycles. The summed E-state index contributed by atoms with van der Waals surface area (Å²) >= 11 is 0. The van der Waals surface area contributed by atoms with Crippen LogP contribution in [0.15, 0.2) is 24.3 Å². The van der Waals surface area contributed by atoms with Gasteiger partial charge in [-0.2, -0.15) is 0 Å². The summed E-state index contributed by atoms with van der Waals surface area (Å²) in [5.41, 5.74) is 8.50. The van der Waals surface area contributed by atoms with Crippen LogP contribution in [0, 0.1) is 5.41 Å². The SMILES string of the molecule is CC1(C)CC1n1c(N)nc2ccccc21. The standard InChI is InChI=1S/C12H15N3/c1-12(2)7-10(12)15-9-6-4-3-5-8(9)14-11(15)13/h3-6,10H,7H2,1-2H3,(H2,13,14). The minimum Gasteiger partial charge on any atom is -0.369 e. The normalized spacial score (nSPS) is 23.2. The van der Waals surface area contributed by atoms with Crippen molar-refractivity contribution in [1.82, 2.24) is 9.55 Å². The lowest BCUT2D eigenvalue weighted by Crippen LogP contribution is -2.04. The molecule has 1 saturated carbocycles. The van der Waals surface area contributed by atoms with Crippen LogP contribution < -0.4 is 5.73 Å². The first-order valence-electron chi connectivity index (χ1n) is 5.32. The van der Waals surface area contributed by atoms with E-state index >= 15 is 0 Å². The molecule has 3 nitrogen and oxygen atoms in total. The fraction of sp³-hybridized carbons (Fsp3) is 0.417. The Labute approximate surface area is 88.9 Å². The molecule has 3 heteroatoms. The van der Waals surface area contributed by atoms with Gasteiger partial charge in [0, 0.05) is 6.04 Å². The summed E-state index contributed by atoms with van der Waals surface area (Å²) in [4.78, 5) is 4.38. The van der Waals surface area contributed by atoms with E-state index in [9.17, 15) is 0 Å². The molecule has 1 fully saturated rings. The number of nitrogens with zero attached hydrogens (tertiary/aromatic N) is 2. The summed E-state index contributed by atoms with van der Waals surface area (Å²) in [6.45, 7) is 4.54. The van der Waals surface area contributed by atoms with Crippen LogP contribution in [0.1, 0.15) is 26.3 Å². The molecule has 3 rings (SSSR count). The maximum absolute atomic E-state index is 5.97. The Morgan fingerprint density at radius 3 is 2.73 bits per heavy atom. The molecule has 1 aliphatic rings. The quantitative estimate of drug-likeness (QED) is 0.770. The first-order valence-corrected chi connectivity index (χ1v) is 5.32. The number of nitrogens with two attached hydrogens (primary N) is 1. The summed E-state index contributed by atoms with van der Waals surface area (Å²) in [7, 11) is 0. The highest BCUT2D eigenvalue weighted by molar-refractivity contribution is 5.78. The van der Waals surface area contributed by atoms with Crippen LogP contribution in [0.2, 0.25) is 0 Å².